The molecular weight excluding hydrogens is 475 g/mol. The number of hydrogen-bond acceptors (Lipinski definition) is 6. The molecule has 0 atom stereocenters. The maximum absolute atomic E-state index is 12.3. The highest BCUT2D eigenvalue weighted by atomic mass is 32.2. The first-order valence-electron chi connectivity index (χ1n) is 9.78. The number of ether oxygens (including phenoxy) is 2. The fourth-order valence-corrected chi connectivity index (χ4v) is 3.76. The number of anilines is 1. The molecule has 0 saturated carbocycles. The Hall–Kier alpha value is -3.73. The maximum Gasteiger partial charge on any atom is 0.573 e. The third-order valence-electron chi connectivity index (χ3n) is 4.49. The molecule has 3 aromatic rings. The first kappa shape index (κ1) is 24.9. The van der Waals surface area contributed by atoms with E-state index < -0.39 is 16.2 Å². The van der Waals surface area contributed by atoms with Gasteiger partial charge in [0.2, 0.25) is 5.91 Å². The Bertz CT molecular complexity index is 1260. The van der Waals surface area contributed by atoms with Gasteiger partial charge < -0.3 is 19.9 Å². The van der Waals surface area contributed by atoms with Crippen molar-refractivity contribution in [2.45, 2.75) is 24.3 Å². The Morgan fingerprint density at radius 1 is 0.941 bits per heavy atom. The number of rotatable bonds is 8. The fourth-order valence-electron chi connectivity index (χ4n) is 2.94. The summed E-state index contributed by atoms with van der Waals surface area (Å²) in [5, 5.41) is 12.4. The molecule has 3 aromatic carbocycles. The summed E-state index contributed by atoms with van der Waals surface area (Å²) in [6.07, 6.45) is -3.89. The molecule has 0 aromatic heterocycles. The largest absolute Gasteiger partial charge is 0.573 e. The predicted molar refractivity (Wildman–Crippen MR) is 117 cm³/mol. The van der Waals surface area contributed by atoms with Gasteiger partial charge in [-0.1, -0.05) is 18.2 Å². The summed E-state index contributed by atoms with van der Waals surface area (Å²) in [5.41, 5.74) is 1.68. The van der Waals surface area contributed by atoms with Crippen molar-refractivity contribution in [3.63, 3.8) is 0 Å². The zero-order valence-corrected chi connectivity index (χ0v) is 18.6. The number of amides is 1. The minimum absolute atomic E-state index is 0.0955. The molecule has 0 bridgehead atoms. The molecule has 2 N–H and O–H groups in total. The summed E-state index contributed by atoms with van der Waals surface area (Å²) in [6.45, 7) is 0.148. The molecule has 7 nitrogen and oxygen atoms in total. The quantitative estimate of drug-likeness (QED) is 0.479. The van der Waals surface area contributed by atoms with E-state index in [0.29, 0.717) is 17.0 Å². The lowest BCUT2D eigenvalue weighted by Gasteiger charge is -2.11. The van der Waals surface area contributed by atoms with Crippen LogP contribution in [0.4, 0.5) is 18.9 Å². The van der Waals surface area contributed by atoms with Gasteiger partial charge in [-0.2, -0.15) is 0 Å². The second-order valence-electron chi connectivity index (χ2n) is 7.30. The van der Waals surface area contributed by atoms with Gasteiger partial charge in [0.05, 0.1) is 6.42 Å². The molecule has 0 heterocycles. The van der Waals surface area contributed by atoms with E-state index in [9.17, 15) is 31.5 Å². The van der Waals surface area contributed by atoms with E-state index in [1.807, 2.05) is 0 Å². The van der Waals surface area contributed by atoms with E-state index in [-0.39, 0.29) is 35.3 Å². The summed E-state index contributed by atoms with van der Waals surface area (Å²) < 4.78 is 69.3. The Balaban J connectivity index is 1.53. The summed E-state index contributed by atoms with van der Waals surface area (Å²) >= 11 is 0. The van der Waals surface area contributed by atoms with Crippen molar-refractivity contribution in [1.29, 1.82) is 0 Å². The van der Waals surface area contributed by atoms with E-state index in [0.717, 1.165) is 24.0 Å². The van der Waals surface area contributed by atoms with Crippen molar-refractivity contribution in [2.75, 3.05) is 11.6 Å². The van der Waals surface area contributed by atoms with Crippen LogP contribution in [0, 0.1) is 0 Å². The fraction of sp³-hybridized carbons (Fsp3) is 0.174. The number of halogens is 3. The number of aromatic hydroxyl groups is 1. The van der Waals surface area contributed by atoms with Gasteiger partial charge in [-0.15, -0.1) is 13.2 Å². The molecule has 0 aliphatic rings. The number of phenols is 1. The van der Waals surface area contributed by atoms with E-state index in [1.165, 1.54) is 30.3 Å². The van der Waals surface area contributed by atoms with Crippen LogP contribution in [0.15, 0.2) is 71.6 Å². The van der Waals surface area contributed by atoms with Gasteiger partial charge in [-0.05, 0) is 59.7 Å². The van der Waals surface area contributed by atoms with Gasteiger partial charge in [-0.25, -0.2) is 8.42 Å². The third-order valence-corrected chi connectivity index (χ3v) is 5.61. The van der Waals surface area contributed by atoms with Gasteiger partial charge in [0.25, 0.3) is 0 Å². The Kier molecular flexibility index (Phi) is 7.35. The van der Waals surface area contributed by atoms with Crippen molar-refractivity contribution >= 4 is 21.4 Å². The highest BCUT2D eigenvalue weighted by Crippen LogP contribution is 2.26. The standard InChI is InChI=1S/C23H20F3NO6S/c1-34(30,31)21-12-16(4-11-20(21)28)13-22(29)27-17-5-2-15(3-6-17)14-32-18-7-9-19(10-8-18)33-23(24,25)26/h2-12,28H,13-14H2,1H3,(H,27,29). The number of nitrogens with one attached hydrogen (secondary N) is 1. The van der Waals surface area contributed by atoms with Crippen LogP contribution in [0.3, 0.4) is 0 Å². The van der Waals surface area contributed by atoms with Crippen molar-refractivity contribution in [1.82, 2.24) is 0 Å². The van der Waals surface area contributed by atoms with Crippen LogP contribution < -0.4 is 14.8 Å². The smallest absolute Gasteiger partial charge is 0.507 e. The highest BCUT2D eigenvalue weighted by Gasteiger charge is 2.31. The number of hydrogen-bond donors (Lipinski definition) is 2. The maximum atomic E-state index is 12.3. The van der Waals surface area contributed by atoms with Crippen LogP contribution in [0.5, 0.6) is 17.2 Å². The lowest BCUT2D eigenvalue weighted by Crippen LogP contribution is -2.16. The van der Waals surface area contributed by atoms with Crippen molar-refractivity contribution in [3.05, 3.63) is 77.9 Å². The lowest BCUT2D eigenvalue weighted by atomic mass is 10.1. The van der Waals surface area contributed by atoms with Crippen LogP contribution in [0.1, 0.15) is 11.1 Å². The SMILES string of the molecule is CS(=O)(=O)c1cc(CC(=O)Nc2ccc(COc3ccc(OC(F)(F)F)cc3)cc2)ccc1O. The molecule has 0 unspecified atom stereocenters. The number of benzene rings is 3. The van der Waals surface area contributed by atoms with Gasteiger partial charge in [0, 0.05) is 11.9 Å². The number of alkyl halides is 3. The van der Waals surface area contributed by atoms with E-state index >= 15 is 0 Å². The lowest BCUT2D eigenvalue weighted by molar-refractivity contribution is -0.274. The normalized spacial score (nSPS) is 11.6. The zero-order chi connectivity index (χ0) is 24.9. The van der Waals surface area contributed by atoms with Crippen LogP contribution in [0.2, 0.25) is 0 Å². The van der Waals surface area contributed by atoms with Gasteiger partial charge >= 0.3 is 6.36 Å². The van der Waals surface area contributed by atoms with Gasteiger partial charge in [0.15, 0.2) is 9.84 Å². The molecular formula is C23H20F3NO6S. The van der Waals surface area contributed by atoms with E-state index in [1.54, 1.807) is 24.3 Å². The number of carbonyl (C=O) groups is 1. The van der Waals surface area contributed by atoms with Crippen molar-refractivity contribution in [3.8, 4) is 17.2 Å². The number of carbonyl (C=O) groups excluding carboxylic acids is 1. The molecule has 3 rings (SSSR count). The highest BCUT2D eigenvalue weighted by molar-refractivity contribution is 7.90. The third kappa shape index (κ3) is 7.41. The molecule has 0 saturated heterocycles. The zero-order valence-electron chi connectivity index (χ0n) is 17.8. The van der Waals surface area contributed by atoms with Gasteiger partial charge in [0.1, 0.15) is 28.8 Å². The second kappa shape index (κ2) is 10.0. The molecule has 0 aliphatic heterocycles. The van der Waals surface area contributed by atoms with E-state index in [2.05, 4.69) is 10.1 Å². The number of sulfone groups is 1. The average Bonchev–Trinajstić information content (AvgIpc) is 2.74. The van der Waals surface area contributed by atoms with Crippen LogP contribution in [-0.4, -0.2) is 32.0 Å². The molecule has 0 aliphatic carbocycles. The minimum atomic E-state index is -4.76. The first-order chi connectivity index (χ1) is 15.9. The summed E-state index contributed by atoms with van der Waals surface area (Å²) in [7, 11) is -3.64. The van der Waals surface area contributed by atoms with Crippen LogP contribution >= 0.6 is 0 Å². The first-order valence-corrected chi connectivity index (χ1v) is 11.7. The Morgan fingerprint density at radius 3 is 2.12 bits per heavy atom. The minimum Gasteiger partial charge on any atom is -0.507 e. The molecule has 0 spiro atoms. The number of phenolic OH excluding ortho intramolecular Hbond substituents is 1. The summed E-state index contributed by atoms with van der Waals surface area (Å²) in [6, 6.07) is 15.7. The van der Waals surface area contributed by atoms with Gasteiger partial charge in [-0.3, -0.25) is 4.79 Å². The van der Waals surface area contributed by atoms with E-state index in [4.69, 9.17) is 4.74 Å². The summed E-state index contributed by atoms with van der Waals surface area (Å²) in [5.74, 6) is -0.751. The molecule has 0 fully saturated rings. The Morgan fingerprint density at radius 2 is 1.53 bits per heavy atom. The Labute approximate surface area is 193 Å². The molecule has 1 amide bonds. The average molecular weight is 495 g/mol. The predicted octanol–water partition coefficient (Wildman–Crippen LogP) is 4.45. The van der Waals surface area contributed by atoms with Crippen LogP contribution in [0.25, 0.3) is 0 Å². The molecule has 34 heavy (non-hydrogen) atoms. The summed E-state index contributed by atoms with van der Waals surface area (Å²) in [4.78, 5) is 12.1. The van der Waals surface area contributed by atoms with Crippen molar-refractivity contribution in [2.24, 2.45) is 0 Å². The van der Waals surface area contributed by atoms with Crippen molar-refractivity contribution < 1.29 is 41.0 Å². The van der Waals surface area contributed by atoms with Crippen LogP contribution in [-0.2, 0) is 27.7 Å². The topological polar surface area (TPSA) is 102 Å². The molecule has 180 valence electrons. The molecule has 0 radical (unpaired) electrons. The molecule has 11 heteroatoms. The monoisotopic (exact) mass is 495 g/mol. The second-order valence-corrected chi connectivity index (χ2v) is 9.29.